The van der Waals surface area contributed by atoms with Crippen molar-refractivity contribution in [2.45, 2.75) is 77.3 Å². The van der Waals surface area contributed by atoms with Crippen LogP contribution in [0.15, 0.2) is 97.1 Å². The van der Waals surface area contributed by atoms with E-state index in [0.29, 0.717) is 12.1 Å². The molecule has 1 aliphatic carbocycles. The van der Waals surface area contributed by atoms with Crippen LogP contribution in [0, 0.1) is 0 Å². The van der Waals surface area contributed by atoms with Gasteiger partial charge in [0.15, 0.2) is 11.5 Å². The first-order valence-corrected chi connectivity index (χ1v) is 17.2. The average Bonchev–Trinajstić information content (AvgIpc) is 3.37. The normalized spacial score (nSPS) is 15.9. The molecule has 2 aliphatic rings. The summed E-state index contributed by atoms with van der Waals surface area (Å²) in [5, 5.41) is 4.87. The Morgan fingerprint density at radius 2 is 1.23 bits per heavy atom. The molecular formula is C38H41CuNO2P+2. The van der Waals surface area contributed by atoms with Crippen molar-refractivity contribution < 1.29 is 26.1 Å². The van der Waals surface area contributed by atoms with E-state index in [-0.39, 0.29) is 17.1 Å². The van der Waals surface area contributed by atoms with Gasteiger partial charge in [0.1, 0.15) is 0 Å². The van der Waals surface area contributed by atoms with Crippen molar-refractivity contribution in [1.82, 2.24) is 4.67 Å². The summed E-state index contributed by atoms with van der Waals surface area (Å²) in [5.74, 6) is 1.89. The Bertz CT molecular complexity index is 1630. The fourth-order valence-electron chi connectivity index (χ4n) is 7.16. The maximum atomic E-state index is 7.23. The fraction of sp³-hybridized carbons (Fsp3) is 0.316. The standard InChI is InChI=1S/C38H40NO2P.Cu/c1-3-5-16-30(17-6-4-2)39(34-24-21-27-13-7-10-18-31(27)34)42-40-35-25-22-28-14-8-11-19-32(28)37(35)38-33-20-12-9-15-29(33)23-26-36(38)41-42;/h7-15,18-20,22-23,25-26,30,34H,3-6,16-17,21,24H2,1-2H3;/q;+1/p+1/t34-;/m0./s1. The maximum Gasteiger partial charge on any atom is 1.00 e. The predicted molar refractivity (Wildman–Crippen MR) is 179 cm³/mol. The topological polar surface area (TPSA) is 21.7 Å². The van der Waals surface area contributed by atoms with Crippen LogP contribution in [0.4, 0.5) is 0 Å². The molecule has 1 aliphatic heterocycles. The number of fused-ring (bicyclic) bond motifs is 8. The summed E-state index contributed by atoms with van der Waals surface area (Å²) in [6, 6.07) is 36.0. The number of hydrogen-bond acceptors (Lipinski definition) is 3. The smallest absolute Gasteiger partial charge is 0.292 e. The Labute approximate surface area is 268 Å². The quantitative estimate of drug-likeness (QED) is 0.119. The molecule has 1 atom stereocenters. The second-order valence-corrected chi connectivity index (χ2v) is 13.3. The van der Waals surface area contributed by atoms with Crippen molar-refractivity contribution in [3.8, 4) is 22.6 Å². The molecule has 3 nitrogen and oxygen atoms in total. The number of benzene rings is 5. The van der Waals surface area contributed by atoms with E-state index in [4.69, 9.17) is 9.05 Å². The summed E-state index contributed by atoms with van der Waals surface area (Å²) in [6.45, 7) is 4.61. The van der Waals surface area contributed by atoms with Gasteiger partial charge in [0.2, 0.25) is 0 Å². The minimum Gasteiger partial charge on any atom is -0.292 e. The molecule has 0 aromatic heterocycles. The van der Waals surface area contributed by atoms with Gasteiger partial charge in [-0.15, -0.1) is 4.67 Å². The van der Waals surface area contributed by atoms with Gasteiger partial charge in [0.25, 0.3) is 0 Å². The third-order valence-corrected chi connectivity index (χ3v) is 11.1. The van der Waals surface area contributed by atoms with Crippen LogP contribution in [0.1, 0.15) is 76.0 Å². The third kappa shape index (κ3) is 5.72. The Hall–Kier alpha value is -2.87. The number of nitrogens with zero attached hydrogens (tertiary/aromatic N) is 1. The van der Waals surface area contributed by atoms with E-state index < -0.39 is 8.53 Å². The van der Waals surface area contributed by atoms with Crippen molar-refractivity contribution in [3.63, 3.8) is 0 Å². The van der Waals surface area contributed by atoms with E-state index in [1.165, 1.54) is 71.2 Å². The van der Waals surface area contributed by atoms with Crippen molar-refractivity contribution in [2.75, 3.05) is 0 Å². The molecule has 0 bridgehead atoms. The minimum absolute atomic E-state index is 0. The van der Waals surface area contributed by atoms with Gasteiger partial charge in [-0.3, -0.25) is 9.05 Å². The molecular weight excluding hydrogens is 597 g/mol. The third-order valence-electron chi connectivity index (χ3n) is 9.25. The number of rotatable bonds is 9. The summed E-state index contributed by atoms with van der Waals surface area (Å²) in [5.41, 5.74) is 5.25. The molecule has 0 fully saturated rings. The van der Waals surface area contributed by atoms with Crippen LogP contribution >= 0.6 is 8.53 Å². The van der Waals surface area contributed by atoms with Crippen LogP contribution in [0.5, 0.6) is 11.5 Å². The van der Waals surface area contributed by atoms with E-state index in [2.05, 4.69) is 116 Å². The SMILES string of the molecule is CCCCC(CCCC)N([C@H]1CCc2ccccc21)[PH+]1Oc2ccc3ccccc3c2-c2c(ccc3ccccc23)O1.[Cu+]. The minimum atomic E-state index is -1.93. The van der Waals surface area contributed by atoms with E-state index in [0.717, 1.165) is 35.5 Å². The largest absolute Gasteiger partial charge is 1.00 e. The van der Waals surface area contributed by atoms with Gasteiger partial charge < -0.3 is 0 Å². The monoisotopic (exact) mass is 637 g/mol. The van der Waals surface area contributed by atoms with Crippen molar-refractivity contribution >= 4 is 30.1 Å². The number of hydrogen-bond donors (Lipinski definition) is 0. The summed E-state index contributed by atoms with van der Waals surface area (Å²) in [6.07, 6.45) is 9.41. The van der Waals surface area contributed by atoms with Crippen LogP contribution in [0.25, 0.3) is 32.7 Å². The van der Waals surface area contributed by atoms with Gasteiger partial charge >= 0.3 is 25.6 Å². The molecule has 7 rings (SSSR count). The molecule has 5 aromatic carbocycles. The Balaban J connectivity index is 0.00000329. The summed E-state index contributed by atoms with van der Waals surface area (Å²) < 4.78 is 17.2. The van der Waals surface area contributed by atoms with E-state index >= 15 is 0 Å². The molecule has 43 heavy (non-hydrogen) atoms. The van der Waals surface area contributed by atoms with Gasteiger partial charge in [0.05, 0.1) is 12.1 Å². The zero-order chi connectivity index (χ0) is 28.5. The van der Waals surface area contributed by atoms with E-state index in [1.54, 1.807) is 0 Å². The summed E-state index contributed by atoms with van der Waals surface area (Å²) >= 11 is 0. The van der Waals surface area contributed by atoms with Gasteiger partial charge in [-0.1, -0.05) is 124 Å². The van der Waals surface area contributed by atoms with Crippen molar-refractivity contribution in [2.24, 2.45) is 0 Å². The zero-order valence-corrected chi connectivity index (χ0v) is 27.1. The van der Waals surface area contributed by atoms with Crippen molar-refractivity contribution in [1.29, 1.82) is 0 Å². The molecule has 0 N–H and O–H groups in total. The van der Waals surface area contributed by atoms with Crippen LogP contribution in [0.2, 0.25) is 0 Å². The summed E-state index contributed by atoms with van der Waals surface area (Å²) in [4.78, 5) is 0. The molecule has 0 saturated heterocycles. The molecule has 1 heterocycles. The predicted octanol–water partition coefficient (Wildman–Crippen LogP) is 11.1. The van der Waals surface area contributed by atoms with E-state index in [9.17, 15) is 0 Å². The summed E-state index contributed by atoms with van der Waals surface area (Å²) in [7, 11) is -1.93. The van der Waals surface area contributed by atoms with Gasteiger partial charge in [-0.05, 0) is 70.5 Å². The van der Waals surface area contributed by atoms with Gasteiger partial charge in [0, 0.05) is 11.1 Å². The second-order valence-electron chi connectivity index (χ2n) is 11.9. The number of aryl methyl sites for hydroxylation is 1. The first kappa shape index (κ1) is 30.2. The molecule has 0 unspecified atom stereocenters. The Kier molecular flexibility index (Phi) is 9.41. The fourth-order valence-corrected chi connectivity index (χ4v) is 9.21. The maximum absolute atomic E-state index is 7.23. The molecule has 0 amide bonds. The Morgan fingerprint density at radius 1 is 0.698 bits per heavy atom. The molecule has 0 saturated carbocycles. The van der Waals surface area contributed by atoms with Gasteiger partial charge in [-0.25, -0.2) is 0 Å². The number of unbranched alkanes of at least 4 members (excludes halogenated alkanes) is 2. The molecule has 5 aromatic rings. The second kappa shape index (κ2) is 13.4. The molecule has 224 valence electrons. The van der Waals surface area contributed by atoms with E-state index in [1.807, 2.05) is 0 Å². The first-order chi connectivity index (χ1) is 20.8. The zero-order valence-electron chi connectivity index (χ0n) is 25.1. The average molecular weight is 638 g/mol. The molecule has 0 spiro atoms. The Morgan fingerprint density at radius 3 is 1.81 bits per heavy atom. The van der Waals surface area contributed by atoms with Crippen LogP contribution in [-0.4, -0.2) is 10.7 Å². The molecule has 5 heteroatoms. The first-order valence-electron chi connectivity index (χ1n) is 15.9. The van der Waals surface area contributed by atoms with Crippen molar-refractivity contribution in [3.05, 3.63) is 108 Å². The van der Waals surface area contributed by atoms with Crippen LogP contribution < -0.4 is 9.05 Å². The van der Waals surface area contributed by atoms with Crippen LogP contribution in [-0.2, 0) is 23.5 Å². The van der Waals surface area contributed by atoms with Gasteiger partial charge in [-0.2, -0.15) is 0 Å². The van der Waals surface area contributed by atoms with Crippen LogP contribution in [0.3, 0.4) is 0 Å². The molecule has 0 radical (unpaired) electrons.